The monoisotopic (exact) mass is 407 g/mol. The van der Waals surface area contributed by atoms with Gasteiger partial charge in [0.15, 0.2) is 5.96 Å². The highest BCUT2D eigenvalue weighted by Gasteiger charge is 2.57. The van der Waals surface area contributed by atoms with Gasteiger partial charge in [0.2, 0.25) is 0 Å². The SMILES string of the molecule is CCOC1CC(NC(=NC)N2CCC(OCC3CCCCO3)CC2)C12CCCC2. The molecule has 0 aromatic heterocycles. The Morgan fingerprint density at radius 3 is 2.55 bits per heavy atom. The Balaban J connectivity index is 1.23. The summed E-state index contributed by atoms with van der Waals surface area (Å²) in [6.45, 7) is 6.65. The van der Waals surface area contributed by atoms with Gasteiger partial charge in [-0.3, -0.25) is 4.99 Å². The van der Waals surface area contributed by atoms with Crippen molar-refractivity contribution in [3.8, 4) is 0 Å². The van der Waals surface area contributed by atoms with E-state index in [4.69, 9.17) is 14.2 Å². The summed E-state index contributed by atoms with van der Waals surface area (Å²) >= 11 is 0. The van der Waals surface area contributed by atoms with Crippen LogP contribution in [0, 0.1) is 5.41 Å². The van der Waals surface area contributed by atoms with Crippen molar-refractivity contribution in [2.45, 2.75) is 95.5 Å². The van der Waals surface area contributed by atoms with Crippen LogP contribution < -0.4 is 5.32 Å². The van der Waals surface area contributed by atoms with Crippen molar-refractivity contribution in [3.63, 3.8) is 0 Å². The molecule has 29 heavy (non-hydrogen) atoms. The van der Waals surface area contributed by atoms with E-state index in [9.17, 15) is 0 Å². The number of ether oxygens (including phenoxy) is 3. The molecule has 2 aliphatic carbocycles. The fraction of sp³-hybridized carbons (Fsp3) is 0.957. The molecule has 2 heterocycles. The zero-order chi connectivity index (χ0) is 20.1. The average Bonchev–Trinajstić information content (AvgIpc) is 3.29. The zero-order valence-electron chi connectivity index (χ0n) is 18.5. The molecule has 1 spiro atoms. The van der Waals surface area contributed by atoms with E-state index in [1.54, 1.807) is 0 Å². The fourth-order valence-corrected chi connectivity index (χ4v) is 5.96. The predicted molar refractivity (Wildman–Crippen MR) is 115 cm³/mol. The van der Waals surface area contributed by atoms with Crippen LogP contribution >= 0.6 is 0 Å². The average molecular weight is 408 g/mol. The molecule has 2 aliphatic heterocycles. The number of aliphatic imine (C=N–C) groups is 1. The Morgan fingerprint density at radius 2 is 1.90 bits per heavy atom. The Labute approximate surface area is 176 Å². The van der Waals surface area contributed by atoms with Gasteiger partial charge in [-0.15, -0.1) is 0 Å². The van der Waals surface area contributed by atoms with Crippen LogP contribution in [0.5, 0.6) is 0 Å². The Bertz CT molecular complexity index is 535. The van der Waals surface area contributed by atoms with E-state index in [2.05, 4.69) is 22.1 Å². The predicted octanol–water partition coefficient (Wildman–Crippen LogP) is 3.35. The summed E-state index contributed by atoms with van der Waals surface area (Å²) in [7, 11) is 1.92. The molecule has 1 N–H and O–H groups in total. The minimum atomic E-state index is 0.315. The van der Waals surface area contributed by atoms with Gasteiger partial charge in [-0.05, 0) is 58.3 Å². The second kappa shape index (κ2) is 9.97. The third kappa shape index (κ3) is 4.75. The molecule has 4 rings (SSSR count). The molecular weight excluding hydrogens is 366 g/mol. The van der Waals surface area contributed by atoms with E-state index in [1.165, 1.54) is 38.5 Å². The van der Waals surface area contributed by atoms with E-state index >= 15 is 0 Å². The van der Waals surface area contributed by atoms with Gasteiger partial charge in [0.05, 0.1) is 24.9 Å². The van der Waals surface area contributed by atoms with E-state index in [0.717, 1.165) is 64.6 Å². The minimum absolute atomic E-state index is 0.315. The van der Waals surface area contributed by atoms with Gasteiger partial charge in [0, 0.05) is 44.8 Å². The van der Waals surface area contributed by atoms with Crippen LogP contribution in [0.25, 0.3) is 0 Å². The quantitative estimate of drug-likeness (QED) is 0.541. The molecule has 6 nitrogen and oxygen atoms in total. The third-order valence-corrected chi connectivity index (χ3v) is 7.74. The van der Waals surface area contributed by atoms with Gasteiger partial charge in [-0.2, -0.15) is 0 Å². The first-order valence-corrected chi connectivity index (χ1v) is 12.1. The van der Waals surface area contributed by atoms with Crippen molar-refractivity contribution >= 4 is 5.96 Å². The van der Waals surface area contributed by atoms with Gasteiger partial charge < -0.3 is 24.4 Å². The van der Waals surface area contributed by atoms with E-state index in [-0.39, 0.29) is 0 Å². The lowest BCUT2D eigenvalue weighted by molar-refractivity contribution is -0.126. The fourth-order valence-electron chi connectivity index (χ4n) is 5.96. The van der Waals surface area contributed by atoms with Crippen molar-refractivity contribution in [2.24, 2.45) is 10.4 Å². The molecule has 3 atom stereocenters. The summed E-state index contributed by atoms with van der Waals surface area (Å²) in [5.74, 6) is 1.07. The highest BCUT2D eigenvalue weighted by Crippen LogP contribution is 2.54. The third-order valence-electron chi connectivity index (χ3n) is 7.74. The van der Waals surface area contributed by atoms with Gasteiger partial charge in [0.25, 0.3) is 0 Å². The lowest BCUT2D eigenvalue weighted by atomic mass is 9.60. The number of guanidine groups is 1. The lowest BCUT2D eigenvalue weighted by Crippen LogP contribution is -2.65. The van der Waals surface area contributed by atoms with Crippen molar-refractivity contribution in [3.05, 3.63) is 0 Å². The van der Waals surface area contributed by atoms with Gasteiger partial charge in [0.1, 0.15) is 0 Å². The molecule has 166 valence electrons. The van der Waals surface area contributed by atoms with Crippen LogP contribution in [0.2, 0.25) is 0 Å². The molecule has 2 saturated carbocycles. The van der Waals surface area contributed by atoms with Gasteiger partial charge in [-0.25, -0.2) is 0 Å². The van der Waals surface area contributed by atoms with Crippen LogP contribution in [0.4, 0.5) is 0 Å². The molecule has 4 fully saturated rings. The number of nitrogens with zero attached hydrogens (tertiary/aromatic N) is 2. The lowest BCUT2D eigenvalue weighted by Gasteiger charge is -2.55. The van der Waals surface area contributed by atoms with Crippen molar-refractivity contribution in [1.82, 2.24) is 10.2 Å². The topological polar surface area (TPSA) is 55.3 Å². The molecule has 3 unspecified atom stereocenters. The second-order valence-electron chi connectivity index (χ2n) is 9.37. The summed E-state index contributed by atoms with van der Waals surface area (Å²) in [5.41, 5.74) is 0.341. The Morgan fingerprint density at radius 1 is 1.10 bits per heavy atom. The normalized spacial score (nSPS) is 33.1. The molecule has 0 aromatic rings. The highest BCUT2D eigenvalue weighted by atomic mass is 16.5. The molecular formula is C23H41N3O3. The number of nitrogens with one attached hydrogen (secondary N) is 1. The summed E-state index contributed by atoms with van der Waals surface area (Å²) in [6, 6.07) is 0.512. The second-order valence-corrected chi connectivity index (χ2v) is 9.37. The van der Waals surface area contributed by atoms with Gasteiger partial charge >= 0.3 is 0 Å². The minimum Gasteiger partial charge on any atom is -0.378 e. The maximum atomic E-state index is 6.19. The number of hydrogen-bond donors (Lipinski definition) is 1. The van der Waals surface area contributed by atoms with Crippen LogP contribution in [0.1, 0.15) is 71.1 Å². The summed E-state index contributed by atoms with van der Waals surface area (Å²) in [5, 5.41) is 3.83. The molecule has 0 amide bonds. The molecule has 0 aromatic carbocycles. The van der Waals surface area contributed by atoms with E-state index in [0.29, 0.717) is 29.8 Å². The molecule has 0 bridgehead atoms. The van der Waals surface area contributed by atoms with Gasteiger partial charge in [-0.1, -0.05) is 12.8 Å². The maximum absolute atomic E-state index is 6.19. The smallest absolute Gasteiger partial charge is 0.193 e. The van der Waals surface area contributed by atoms with E-state index in [1.807, 2.05) is 7.05 Å². The number of likely N-dealkylation sites (tertiary alicyclic amines) is 1. The number of piperidine rings is 1. The largest absolute Gasteiger partial charge is 0.378 e. The summed E-state index contributed by atoms with van der Waals surface area (Å²) < 4.78 is 18.1. The van der Waals surface area contributed by atoms with E-state index < -0.39 is 0 Å². The Kier molecular flexibility index (Phi) is 7.35. The molecule has 4 aliphatic rings. The first kappa shape index (κ1) is 21.4. The van der Waals surface area contributed by atoms with Crippen molar-refractivity contribution < 1.29 is 14.2 Å². The Hall–Kier alpha value is -0.850. The number of rotatable bonds is 6. The number of hydrogen-bond acceptors (Lipinski definition) is 4. The van der Waals surface area contributed by atoms with Crippen LogP contribution in [-0.4, -0.2) is 75.2 Å². The van der Waals surface area contributed by atoms with Crippen molar-refractivity contribution in [1.29, 1.82) is 0 Å². The van der Waals surface area contributed by atoms with Crippen LogP contribution in [-0.2, 0) is 14.2 Å². The van der Waals surface area contributed by atoms with Crippen molar-refractivity contribution in [2.75, 3.05) is 40.0 Å². The molecule has 0 radical (unpaired) electrons. The standard InChI is InChI=1S/C23H41N3O3/c1-3-27-21-16-20(23(21)11-5-6-12-23)25-22(24-2)26-13-9-18(10-14-26)29-17-19-8-4-7-15-28-19/h18-21H,3-17H2,1-2H3,(H,24,25). The summed E-state index contributed by atoms with van der Waals surface area (Å²) in [6.07, 6.45) is 13.3. The first-order chi connectivity index (χ1) is 14.2. The maximum Gasteiger partial charge on any atom is 0.193 e. The molecule has 6 heteroatoms. The zero-order valence-corrected chi connectivity index (χ0v) is 18.5. The highest BCUT2D eigenvalue weighted by molar-refractivity contribution is 5.80. The molecule has 2 saturated heterocycles. The van der Waals surface area contributed by atoms with Crippen LogP contribution in [0.3, 0.4) is 0 Å². The summed E-state index contributed by atoms with van der Waals surface area (Å²) in [4.78, 5) is 7.06. The first-order valence-electron chi connectivity index (χ1n) is 12.1. The van der Waals surface area contributed by atoms with Crippen LogP contribution in [0.15, 0.2) is 4.99 Å².